The number of rotatable bonds is 7. The molecular weight excluding hydrogens is 444 g/mol. The predicted molar refractivity (Wildman–Crippen MR) is 125 cm³/mol. The maximum absolute atomic E-state index is 13.2. The maximum atomic E-state index is 13.2. The van der Waals surface area contributed by atoms with Gasteiger partial charge in [0.15, 0.2) is 0 Å². The number of benzene rings is 2. The van der Waals surface area contributed by atoms with Crippen LogP contribution in [0.2, 0.25) is 0 Å². The number of hydrogen-bond donors (Lipinski definition) is 2. The number of nitrogens with zero attached hydrogens (tertiary/aromatic N) is 2. The first-order chi connectivity index (χ1) is 15.9. The fourth-order valence-corrected chi connectivity index (χ4v) is 4.65. The van der Waals surface area contributed by atoms with Gasteiger partial charge in [-0.25, -0.2) is 13.6 Å². The van der Waals surface area contributed by atoms with E-state index in [-0.39, 0.29) is 16.4 Å². The van der Waals surface area contributed by atoms with E-state index in [1.807, 2.05) is 23.1 Å². The summed E-state index contributed by atoms with van der Waals surface area (Å²) in [5.74, 6) is -0.344. The number of hydrogen-bond acceptors (Lipinski definition) is 7. The normalized spacial score (nSPS) is 17.7. The van der Waals surface area contributed by atoms with Crippen LogP contribution in [0.3, 0.4) is 0 Å². The van der Waals surface area contributed by atoms with Crippen LogP contribution in [0.1, 0.15) is 21.5 Å². The van der Waals surface area contributed by atoms with Gasteiger partial charge >= 0.3 is 0 Å². The average Bonchev–Trinajstić information content (AvgIpc) is 2.83. The number of carbonyl (C=O) groups excluding carboxylic acids is 1. The third kappa shape index (κ3) is 6.10. The summed E-state index contributed by atoms with van der Waals surface area (Å²) < 4.78 is 34.7. The lowest BCUT2D eigenvalue weighted by Gasteiger charge is -2.30. The van der Waals surface area contributed by atoms with E-state index in [1.165, 1.54) is 12.1 Å². The van der Waals surface area contributed by atoms with Crippen LogP contribution in [0.5, 0.6) is 0 Å². The van der Waals surface area contributed by atoms with Crippen molar-refractivity contribution in [3.63, 3.8) is 0 Å². The third-order valence-corrected chi connectivity index (χ3v) is 6.86. The van der Waals surface area contributed by atoms with Crippen LogP contribution in [0, 0.1) is 0 Å². The highest BCUT2D eigenvalue weighted by Crippen LogP contribution is 2.25. The van der Waals surface area contributed by atoms with Crippen molar-refractivity contribution in [1.82, 2.24) is 10.2 Å². The second-order valence-electron chi connectivity index (χ2n) is 8.16. The van der Waals surface area contributed by atoms with Gasteiger partial charge in [0.2, 0.25) is 10.0 Å². The van der Waals surface area contributed by atoms with Gasteiger partial charge in [-0.15, -0.1) is 0 Å². The van der Waals surface area contributed by atoms with Crippen LogP contribution in [-0.2, 0) is 32.6 Å². The fraction of sp³-hybridized carbons (Fsp3) is 0.435. The van der Waals surface area contributed by atoms with Gasteiger partial charge in [0.05, 0.1) is 36.9 Å². The Kier molecular flexibility index (Phi) is 7.61. The van der Waals surface area contributed by atoms with E-state index in [4.69, 9.17) is 14.6 Å². The molecule has 3 N–H and O–H groups in total. The molecular formula is C23H30N4O5S. The van der Waals surface area contributed by atoms with E-state index >= 15 is 0 Å². The molecule has 178 valence electrons. The summed E-state index contributed by atoms with van der Waals surface area (Å²) in [6, 6.07) is 12.5. The summed E-state index contributed by atoms with van der Waals surface area (Å²) in [6.45, 7) is 6.67. The summed E-state index contributed by atoms with van der Waals surface area (Å²) in [5, 5.41) is 8.30. The molecule has 0 radical (unpaired) electrons. The molecule has 33 heavy (non-hydrogen) atoms. The average molecular weight is 475 g/mol. The second kappa shape index (κ2) is 10.6. The summed E-state index contributed by atoms with van der Waals surface area (Å²) in [7, 11) is -3.94. The van der Waals surface area contributed by atoms with Crippen molar-refractivity contribution in [2.24, 2.45) is 5.14 Å². The molecule has 0 aliphatic carbocycles. The summed E-state index contributed by atoms with van der Waals surface area (Å²) in [4.78, 5) is 17.5. The molecule has 10 heteroatoms. The molecule has 0 aromatic heterocycles. The Hall–Kier alpha value is -2.50. The van der Waals surface area contributed by atoms with E-state index in [9.17, 15) is 13.2 Å². The lowest BCUT2D eigenvalue weighted by atomic mass is 10.1. The van der Waals surface area contributed by atoms with E-state index < -0.39 is 10.0 Å². The van der Waals surface area contributed by atoms with Gasteiger partial charge in [-0.3, -0.25) is 9.69 Å². The minimum absolute atomic E-state index is 0.0858. The molecule has 0 atom stereocenters. The molecule has 4 rings (SSSR count). The van der Waals surface area contributed by atoms with Crippen LogP contribution in [0.4, 0.5) is 5.69 Å². The van der Waals surface area contributed by atoms with Crippen molar-refractivity contribution in [3.8, 4) is 0 Å². The van der Waals surface area contributed by atoms with Crippen molar-refractivity contribution in [3.05, 3.63) is 59.2 Å². The number of morpholine rings is 2. The van der Waals surface area contributed by atoms with E-state index in [1.54, 1.807) is 6.07 Å². The first-order valence-corrected chi connectivity index (χ1v) is 12.6. The van der Waals surface area contributed by atoms with Crippen LogP contribution in [0.25, 0.3) is 0 Å². The Morgan fingerprint density at radius 1 is 0.939 bits per heavy atom. The second-order valence-corrected chi connectivity index (χ2v) is 9.72. The third-order valence-electron chi connectivity index (χ3n) is 5.95. The van der Waals surface area contributed by atoms with Crippen molar-refractivity contribution in [2.75, 3.05) is 57.5 Å². The van der Waals surface area contributed by atoms with Crippen molar-refractivity contribution in [2.45, 2.75) is 18.0 Å². The van der Waals surface area contributed by atoms with Crippen LogP contribution < -0.4 is 15.4 Å². The largest absolute Gasteiger partial charge is 0.379 e. The molecule has 2 aromatic carbocycles. The SMILES string of the molecule is NS(=O)(=O)c1ccc(N2CCOCC2)c(C(=O)NCc2ccccc2CN2CCOCC2)c1. The molecule has 0 unspecified atom stereocenters. The maximum Gasteiger partial charge on any atom is 0.253 e. The minimum Gasteiger partial charge on any atom is -0.379 e. The zero-order valence-corrected chi connectivity index (χ0v) is 19.4. The quantitative estimate of drug-likeness (QED) is 0.614. The minimum atomic E-state index is -3.94. The van der Waals surface area contributed by atoms with Crippen LogP contribution in [0.15, 0.2) is 47.4 Å². The number of anilines is 1. The van der Waals surface area contributed by atoms with Gasteiger partial charge in [-0.2, -0.15) is 0 Å². The van der Waals surface area contributed by atoms with Gasteiger partial charge < -0.3 is 19.7 Å². The van der Waals surface area contributed by atoms with E-state index in [2.05, 4.69) is 16.3 Å². The Balaban J connectivity index is 1.53. The lowest BCUT2D eigenvalue weighted by Crippen LogP contribution is -2.38. The van der Waals surface area contributed by atoms with Crippen molar-refractivity contribution >= 4 is 21.6 Å². The topological polar surface area (TPSA) is 114 Å². The molecule has 9 nitrogen and oxygen atoms in total. The molecule has 2 aromatic rings. The zero-order valence-electron chi connectivity index (χ0n) is 18.5. The summed E-state index contributed by atoms with van der Waals surface area (Å²) >= 11 is 0. The number of nitrogens with one attached hydrogen (secondary N) is 1. The molecule has 0 saturated carbocycles. The highest BCUT2D eigenvalue weighted by molar-refractivity contribution is 7.89. The fourth-order valence-electron chi connectivity index (χ4n) is 4.11. The van der Waals surface area contributed by atoms with Gasteiger partial charge in [0, 0.05) is 45.0 Å². The first kappa shape index (κ1) is 23.7. The van der Waals surface area contributed by atoms with Crippen LogP contribution >= 0.6 is 0 Å². The summed E-state index contributed by atoms with van der Waals surface area (Å²) in [5.41, 5.74) is 3.12. The first-order valence-electron chi connectivity index (χ1n) is 11.1. The Morgan fingerprint density at radius 2 is 1.58 bits per heavy atom. The molecule has 0 bridgehead atoms. The number of carbonyl (C=O) groups is 1. The molecule has 2 saturated heterocycles. The number of primary sulfonamides is 1. The predicted octanol–water partition coefficient (Wildman–Crippen LogP) is 0.933. The van der Waals surface area contributed by atoms with Crippen molar-refractivity contribution < 1.29 is 22.7 Å². The number of amides is 1. The number of nitrogens with two attached hydrogens (primary N) is 1. The van der Waals surface area contributed by atoms with E-state index in [0.717, 1.165) is 44.0 Å². The Labute approximate surface area is 194 Å². The highest BCUT2D eigenvalue weighted by atomic mass is 32.2. The van der Waals surface area contributed by atoms with Crippen molar-refractivity contribution in [1.29, 1.82) is 0 Å². The zero-order chi connectivity index (χ0) is 23.3. The van der Waals surface area contributed by atoms with Gasteiger partial charge in [-0.1, -0.05) is 24.3 Å². The molecule has 2 heterocycles. The Bertz CT molecular complexity index is 1080. The van der Waals surface area contributed by atoms with Gasteiger partial charge in [-0.05, 0) is 29.3 Å². The molecule has 2 fully saturated rings. The van der Waals surface area contributed by atoms with Gasteiger partial charge in [0.25, 0.3) is 5.91 Å². The molecule has 0 spiro atoms. The lowest BCUT2D eigenvalue weighted by molar-refractivity contribution is 0.0340. The highest BCUT2D eigenvalue weighted by Gasteiger charge is 2.22. The number of sulfonamides is 1. The van der Waals surface area contributed by atoms with Gasteiger partial charge in [0.1, 0.15) is 0 Å². The molecule has 1 amide bonds. The standard InChI is InChI=1S/C23H30N4O5S/c24-33(29,30)20-5-6-22(27-9-13-32-14-10-27)21(15-20)23(28)25-16-18-3-1-2-4-19(18)17-26-7-11-31-12-8-26/h1-6,15H,7-14,16-17H2,(H,25,28)(H2,24,29,30). The number of ether oxygens (including phenoxy) is 2. The molecule has 2 aliphatic rings. The van der Waals surface area contributed by atoms with E-state index in [0.29, 0.717) is 38.5 Å². The monoisotopic (exact) mass is 474 g/mol. The van der Waals surface area contributed by atoms with Crippen LogP contribution in [-0.4, -0.2) is 71.8 Å². The Morgan fingerprint density at radius 3 is 2.24 bits per heavy atom. The summed E-state index contributed by atoms with van der Waals surface area (Å²) in [6.07, 6.45) is 0. The molecule has 2 aliphatic heterocycles. The smallest absolute Gasteiger partial charge is 0.253 e.